The molecular weight excluding hydrogens is 372 g/mol. The molecule has 2 saturated carbocycles. The van der Waals surface area contributed by atoms with Crippen molar-refractivity contribution in [2.24, 2.45) is 17.8 Å². The van der Waals surface area contributed by atoms with Crippen LogP contribution in [0.5, 0.6) is 0 Å². The molecule has 0 unspecified atom stereocenters. The number of benzene rings is 2. The van der Waals surface area contributed by atoms with Crippen LogP contribution in [0.2, 0.25) is 0 Å². The largest absolute Gasteiger partial charge is 0.326 e. The number of aryl methyl sites for hydroxylation is 2. The van der Waals surface area contributed by atoms with Crippen LogP contribution in [0, 0.1) is 31.6 Å². The second-order valence-electron chi connectivity index (χ2n) is 8.23. The van der Waals surface area contributed by atoms with Crippen molar-refractivity contribution in [2.75, 3.05) is 10.0 Å². The van der Waals surface area contributed by atoms with Gasteiger partial charge in [-0.15, -0.1) is 0 Å². The number of hydrogen-bond donors (Lipinski definition) is 2. The minimum atomic E-state index is -3.75. The van der Waals surface area contributed by atoms with E-state index < -0.39 is 10.0 Å². The Morgan fingerprint density at radius 1 is 1.00 bits per heavy atom. The molecular formula is C22H26N2O3S. The Balaban J connectivity index is 1.54. The van der Waals surface area contributed by atoms with E-state index in [1.165, 1.54) is 6.42 Å². The van der Waals surface area contributed by atoms with Gasteiger partial charge in [-0.05, 0) is 80.3 Å². The van der Waals surface area contributed by atoms with Crippen molar-refractivity contribution in [2.45, 2.75) is 44.4 Å². The van der Waals surface area contributed by atoms with Gasteiger partial charge >= 0.3 is 0 Å². The highest BCUT2D eigenvalue weighted by molar-refractivity contribution is 7.92. The van der Waals surface area contributed by atoms with E-state index >= 15 is 0 Å². The van der Waals surface area contributed by atoms with Gasteiger partial charge < -0.3 is 5.32 Å². The fourth-order valence-electron chi connectivity index (χ4n) is 4.69. The van der Waals surface area contributed by atoms with Crippen LogP contribution < -0.4 is 10.0 Å². The number of amides is 1. The van der Waals surface area contributed by atoms with Gasteiger partial charge in [0.25, 0.3) is 10.0 Å². The highest BCUT2D eigenvalue weighted by atomic mass is 32.2. The van der Waals surface area contributed by atoms with Crippen LogP contribution in [0.25, 0.3) is 0 Å². The maximum Gasteiger partial charge on any atom is 0.262 e. The summed E-state index contributed by atoms with van der Waals surface area (Å²) < 4.78 is 28.4. The number of carbonyl (C=O) groups excluding carboxylic acids is 1. The normalized spacial score (nSPS) is 23.6. The predicted molar refractivity (Wildman–Crippen MR) is 111 cm³/mol. The molecule has 0 spiro atoms. The molecule has 2 bridgehead atoms. The lowest BCUT2D eigenvalue weighted by Gasteiger charge is -2.21. The molecule has 2 aliphatic rings. The molecule has 0 heterocycles. The van der Waals surface area contributed by atoms with Crippen LogP contribution in [-0.4, -0.2) is 14.3 Å². The van der Waals surface area contributed by atoms with Gasteiger partial charge in [-0.1, -0.05) is 24.6 Å². The lowest BCUT2D eigenvalue weighted by molar-refractivity contribution is -0.121. The van der Waals surface area contributed by atoms with Gasteiger partial charge in [-0.3, -0.25) is 9.52 Å². The lowest BCUT2D eigenvalue weighted by Crippen LogP contribution is -2.27. The van der Waals surface area contributed by atoms with Crippen molar-refractivity contribution in [3.05, 3.63) is 53.6 Å². The van der Waals surface area contributed by atoms with Gasteiger partial charge in [0, 0.05) is 17.3 Å². The fraction of sp³-hybridized carbons (Fsp3) is 0.409. The van der Waals surface area contributed by atoms with E-state index in [0.717, 1.165) is 24.8 Å². The number of anilines is 2. The summed E-state index contributed by atoms with van der Waals surface area (Å²) in [5.74, 6) is 1.26. The van der Waals surface area contributed by atoms with E-state index in [1.54, 1.807) is 37.3 Å². The van der Waals surface area contributed by atoms with E-state index in [0.29, 0.717) is 28.8 Å². The molecule has 2 aliphatic carbocycles. The molecule has 0 aliphatic heterocycles. The van der Waals surface area contributed by atoms with E-state index in [-0.39, 0.29) is 16.7 Å². The minimum absolute atomic E-state index is 0.0195. The van der Waals surface area contributed by atoms with Gasteiger partial charge in [0.15, 0.2) is 0 Å². The molecule has 2 N–H and O–H groups in total. The third-order valence-corrected chi connectivity index (χ3v) is 7.61. The summed E-state index contributed by atoms with van der Waals surface area (Å²) in [6.45, 7) is 3.67. The summed E-state index contributed by atoms with van der Waals surface area (Å²) in [6.07, 6.45) is 4.50. The van der Waals surface area contributed by atoms with E-state index in [2.05, 4.69) is 10.0 Å². The molecule has 0 radical (unpaired) electrons. The Morgan fingerprint density at radius 2 is 1.82 bits per heavy atom. The number of nitrogens with one attached hydrogen (secondary N) is 2. The quantitative estimate of drug-likeness (QED) is 0.780. The molecule has 2 fully saturated rings. The van der Waals surface area contributed by atoms with E-state index in [1.807, 2.05) is 19.1 Å². The van der Waals surface area contributed by atoms with E-state index in [4.69, 9.17) is 0 Å². The number of fused-ring (bicyclic) bond motifs is 2. The Morgan fingerprint density at radius 3 is 2.50 bits per heavy atom. The Labute approximate surface area is 166 Å². The van der Waals surface area contributed by atoms with Crippen molar-refractivity contribution in [3.8, 4) is 0 Å². The monoisotopic (exact) mass is 398 g/mol. The number of hydrogen-bond acceptors (Lipinski definition) is 3. The van der Waals surface area contributed by atoms with Crippen LogP contribution >= 0.6 is 0 Å². The second-order valence-corrected chi connectivity index (χ2v) is 9.88. The molecule has 0 saturated heterocycles. The molecule has 5 nitrogen and oxygen atoms in total. The summed E-state index contributed by atoms with van der Waals surface area (Å²) >= 11 is 0. The first-order valence-corrected chi connectivity index (χ1v) is 11.3. The Bertz CT molecular complexity index is 1020. The van der Waals surface area contributed by atoms with Crippen molar-refractivity contribution in [1.82, 2.24) is 0 Å². The Hall–Kier alpha value is -2.34. The van der Waals surface area contributed by atoms with Gasteiger partial charge in [0.2, 0.25) is 5.91 Å². The standard InChI is InChI=1S/C22H26N2O3S/c1-14-4-3-5-19(10-14)24-28(26,27)21-13-18(9-6-15(21)2)23-22(25)20-12-16-7-8-17(20)11-16/h3-6,9-10,13,16-17,20,24H,7-8,11-12H2,1-2H3,(H,23,25)/t16-,17-,20-/m0/s1. The number of carbonyl (C=O) groups is 1. The first-order chi connectivity index (χ1) is 13.3. The summed E-state index contributed by atoms with van der Waals surface area (Å²) in [5, 5.41) is 2.95. The topological polar surface area (TPSA) is 75.3 Å². The maximum atomic E-state index is 12.9. The van der Waals surface area contributed by atoms with Crippen molar-refractivity contribution >= 4 is 27.3 Å². The molecule has 1 amide bonds. The average molecular weight is 399 g/mol. The van der Waals surface area contributed by atoms with Gasteiger partial charge in [0.1, 0.15) is 0 Å². The van der Waals surface area contributed by atoms with Crippen molar-refractivity contribution in [1.29, 1.82) is 0 Å². The highest BCUT2D eigenvalue weighted by Gasteiger charge is 2.43. The zero-order valence-electron chi connectivity index (χ0n) is 16.2. The lowest BCUT2D eigenvalue weighted by atomic mass is 9.88. The fourth-order valence-corrected chi connectivity index (χ4v) is 6.01. The Kier molecular flexibility index (Phi) is 4.91. The van der Waals surface area contributed by atoms with Crippen LogP contribution in [0.3, 0.4) is 0 Å². The first kappa shape index (κ1) is 19.0. The molecule has 2 aromatic carbocycles. The van der Waals surface area contributed by atoms with Crippen LogP contribution in [-0.2, 0) is 14.8 Å². The van der Waals surface area contributed by atoms with Crippen LogP contribution in [0.1, 0.15) is 36.8 Å². The SMILES string of the molecule is Cc1cccc(NS(=O)(=O)c2cc(NC(=O)[C@H]3C[C@H]4CC[C@H]3C4)ccc2C)c1. The summed E-state index contributed by atoms with van der Waals surface area (Å²) in [7, 11) is -3.75. The summed E-state index contributed by atoms with van der Waals surface area (Å²) in [5.41, 5.74) is 2.67. The summed E-state index contributed by atoms with van der Waals surface area (Å²) in [6, 6.07) is 12.3. The molecule has 3 atom stereocenters. The van der Waals surface area contributed by atoms with Crippen LogP contribution in [0.15, 0.2) is 47.4 Å². The third-order valence-electron chi connectivity index (χ3n) is 6.09. The summed E-state index contributed by atoms with van der Waals surface area (Å²) in [4.78, 5) is 12.9. The maximum absolute atomic E-state index is 12.9. The van der Waals surface area contributed by atoms with Crippen LogP contribution in [0.4, 0.5) is 11.4 Å². The molecule has 28 heavy (non-hydrogen) atoms. The minimum Gasteiger partial charge on any atom is -0.326 e. The second kappa shape index (κ2) is 7.24. The zero-order chi connectivity index (χ0) is 19.9. The smallest absolute Gasteiger partial charge is 0.262 e. The molecule has 2 aromatic rings. The first-order valence-electron chi connectivity index (χ1n) is 9.83. The van der Waals surface area contributed by atoms with Gasteiger partial charge in [-0.2, -0.15) is 0 Å². The third kappa shape index (κ3) is 3.78. The van der Waals surface area contributed by atoms with Gasteiger partial charge in [0.05, 0.1) is 4.90 Å². The molecule has 4 rings (SSSR count). The van der Waals surface area contributed by atoms with Crippen molar-refractivity contribution in [3.63, 3.8) is 0 Å². The molecule has 6 heteroatoms. The van der Waals surface area contributed by atoms with Crippen molar-refractivity contribution < 1.29 is 13.2 Å². The predicted octanol–water partition coefficient (Wildman–Crippen LogP) is 4.48. The average Bonchev–Trinajstić information content (AvgIpc) is 3.26. The highest BCUT2D eigenvalue weighted by Crippen LogP contribution is 2.48. The number of sulfonamides is 1. The van der Waals surface area contributed by atoms with E-state index in [9.17, 15) is 13.2 Å². The molecule has 0 aromatic heterocycles. The number of rotatable bonds is 5. The zero-order valence-corrected chi connectivity index (χ0v) is 17.1. The molecule has 148 valence electrons. The van der Waals surface area contributed by atoms with Gasteiger partial charge in [-0.25, -0.2) is 8.42 Å².